The first kappa shape index (κ1) is 21.8. The van der Waals surface area contributed by atoms with Crippen molar-refractivity contribution in [3.8, 4) is 0 Å². The maximum Gasteiger partial charge on any atom is 0.274 e. The molecule has 1 aromatic carbocycles. The van der Waals surface area contributed by atoms with Gasteiger partial charge >= 0.3 is 0 Å². The average Bonchev–Trinajstić information content (AvgIpc) is 3.53. The van der Waals surface area contributed by atoms with Gasteiger partial charge in [-0.1, -0.05) is 25.5 Å². The number of aromatic nitrogens is 6. The molecule has 4 aromatic rings. The number of benzene rings is 1. The van der Waals surface area contributed by atoms with Crippen LogP contribution in [0.2, 0.25) is 0 Å². The number of H-pyrrole nitrogens is 1. The van der Waals surface area contributed by atoms with Gasteiger partial charge in [0, 0.05) is 32.2 Å². The molecule has 35 heavy (non-hydrogen) atoms. The van der Waals surface area contributed by atoms with Gasteiger partial charge in [0.2, 0.25) is 0 Å². The minimum atomic E-state index is -0.191. The summed E-state index contributed by atoms with van der Waals surface area (Å²) in [6.07, 6.45) is 5.68. The standard InChI is InChI=1S/C25H27N7O3/c1-2-15-13-31(25(34)21-12-26-19-5-3-4-6-20(19)28-21)14-18(15)22-29-23-17(24(33)30-22)11-27-32(23)16-7-9-35-10-8-16/h3-6,11-12,15-16,18H,2,7-10,13-14H2,1H3,(H,29,30,33)/t15-,18?/m1/s1. The fourth-order valence-corrected chi connectivity index (χ4v) is 5.31. The van der Waals surface area contributed by atoms with E-state index in [1.54, 1.807) is 11.1 Å². The van der Waals surface area contributed by atoms with E-state index in [9.17, 15) is 9.59 Å². The molecule has 1 amide bonds. The minimum absolute atomic E-state index is 0.0764. The van der Waals surface area contributed by atoms with Crippen LogP contribution < -0.4 is 5.56 Å². The number of likely N-dealkylation sites (tertiary alicyclic amines) is 1. The highest BCUT2D eigenvalue weighted by molar-refractivity contribution is 5.94. The number of hydrogen-bond donors (Lipinski definition) is 1. The van der Waals surface area contributed by atoms with Gasteiger partial charge in [-0.25, -0.2) is 14.6 Å². The third-order valence-corrected chi connectivity index (χ3v) is 7.29. The van der Waals surface area contributed by atoms with E-state index in [2.05, 4.69) is 27.0 Å². The van der Waals surface area contributed by atoms with E-state index < -0.39 is 0 Å². The summed E-state index contributed by atoms with van der Waals surface area (Å²) >= 11 is 0. The second-order valence-corrected chi connectivity index (χ2v) is 9.35. The molecule has 2 atom stereocenters. The summed E-state index contributed by atoms with van der Waals surface area (Å²) in [5.41, 5.74) is 2.19. The van der Waals surface area contributed by atoms with Gasteiger partial charge in [-0.2, -0.15) is 5.10 Å². The zero-order chi connectivity index (χ0) is 23.9. The van der Waals surface area contributed by atoms with E-state index in [1.165, 1.54) is 6.20 Å². The van der Waals surface area contributed by atoms with Crippen LogP contribution in [0.3, 0.4) is 0 Å². The van der Waals surface area contributed by atoms with Gasteiger partial charge < -0.3 is 14.6 Å². The van der Waals surface area contributed by atoms with E-state index in [1.807, 2.05) is 28.9 Å². The van der Waals surface area contributed by atoms with Crippen LogP contribution in [0.5, 0.6) is 0 Å². The van der Waals surface area contributed by atoms with Crippen molar-refractivity contribution in [3.05, 3.63) is 58.5 Å². The summed E-state index contributed by atoms with van der Waals surface area (Å²) in [7, 11) is 0. The molecule has 0 aliphatic carbocycles. The lowest BCUT2D eigenvalue weighted by atomic mass is 9.93. The number of carbonyl (C=O) groups excluding carboxylic acids is 1. The van der Waals surface area contributed by atoms with E-state index in [-0.39, 0.29) is 29.3 Å². The first-order valence-corrected chi connectivity index (χ1v) is 12.2. The molecule has 10 heteroatoms. The Balaban J connectivity index is 1.31. The van der Waals surface area contributed by atoms with Crippen molar-refractivity contribution in [2.45, 2.75) is 38.1 Å². The van der Waals surface area contributed by atoms with Crippen molar-refractivity contribution in [1.29, 1.82) is 0 Å². The van der Waals surface area contributed by atoms with Crippen LogP contribution in [0, 0.1) is 5.92 Å². The van der Waals surface area contributed by atoms with Crippen LogP contribution in [0.4, 0.5) is 0 Å². The molecule has 2 saturated heterocycles. The Bertz CT molecular complexity index is 1460. The molecular weight excluding hydrogens is 446 g/mol. The maximum absolute atomic E-state index is 13.3. The van der Waals surface area contributed by atoms with Gasteiger partial charge in [-0.15, -0.1) is 0 Å². The number of ether oxygens (including phenoxy) is 1. The Morgan fingerprint density at radius 2 is 1.91 bits per heavy atom. The second kappa shape index (κ2) is 8.84. The van der Waals surface area contributed by atoms with Crippen molar-refractivity contribution in [2.75, 3.05) is 26.3 Å². The number of fused-ring (bicyclic) bond motifs is 2. The van der Waals surface area contributed by atoms with E-state index in [0.717, 1.165) is 24.8 Å². The number of rotatable bonds is 4. The van der Waals surface area contributed by atoms with Crippen LogP contribution in [0.1, 0.15) is 54.5 Å². The molecule has 2 aliphatic heterocycles. The Morgan fingerprint density at radius 1 is 1.11 bits per heavy atom. The normalized spacial score (nSPS) is 21.2. The molecule has 0 bridgehead atoms. The lowest BCUT2D eigenvalue weighted by molar-refractivity contribution is 0.0673. The number of carbonyl (C=O) groups is 1. The van der Waals surface area contributed by atoms with Crippen LogP contribution in [-0.2, 0) is 4.74 Å². The Labute approximate surface area is 201 Å². The smallest absolute Gasteiger partial charge is 0.274 e. The summed E-state index contributed by atoms with van der Waals surface area (Å²) in [5.74, 6) is 0.558. The largest absolute Gasteiger partial charge is 0.381 e. The minimum Gasteiger partial charge on any atom is -0.381 e. The SMILES string of the molecule is CC[C@@H]1CN(C(=O)c2cnc3ccccc3n2)CC1c1nc2c(cnn2C2CCOCC2)c(=O)[nH]1. The average molecular weight is 474 g/mol. The zero-order valence-electron chi connectivity index (χ0n) is 19.6. The Morgan fingerprint density at radius 3 is 2.71 bits per heavy atom. The van der Waals surface area contributed by atoms with E-state index in [4.69, 9.17) is 9.72 Å². The van der Waals surface area contributed by atoms with Crippen molar-refractivity contribution < 1.29 is 9.53 Å². The molecule has 3 aromatic heterocycles. The topological polar surface area (TPSA) is 119 Å². The zero-order valence-corrected chi connectivity index (χ0v) is 19.6. The first-order valence-electron chi connectivity index (χ1n) is 12.2. The molecule has 10 nitrogen and oxygen atoms in total. The molecule has 6 rings (SSSR count). The molecule has 0 radical (unpaired) electrons. The van der Waals surface area contributed by atoms with Crippen LogP contribution in [-0.4, -0.2) is 66.8 Å². The third kappa shape index (κ3) is 3.87. The molecule has 0 spiro atoms. The molecule has 180 valence electrons. The molecule has 2 aliphatic rings. The number of aromatic amines is 1. The van der Waals surface area contributed by atoms with Crippen LogP contribution in [0.25, 0.3) is 22.1 Å². The molecule has 0 saturated carbocycles. The van der Waals surface area contributed by atoms with Gasteiger partial charge in [-0.3, -0.25) is 14.6 Å². The number of nitrogens with zero attached hydrogens (tertiary/aromatic N) is 6. The highest BCUT2D eigenvalue weighted by Gasteiger charge is 2.38. The molecular formula is C25H27N7O3. The predicted octanol–water partition coefficient (Wildman–Crippen LogP) is 2.68. The highest BCUT2D eigenvalue weighted by atomic mass is 16.5. The molecule has 1 unspecified atom stereocenters. The van der Waals surface area contributed by atoms with Gasteiger partial charge in [0.15, 0.2) is 5.65 Å². The Kier molecular flexibility index (Phi) is 5.52. The highest BCUT2D eigenvalue weighted by Crippen LogP contribution is 2.34. The first-order chi connectivity index (χ1) is 17.1. The number of amides is 1. The molecule has 2 fully saturated rings. The number of nitrogens with one attached hydrogen (secondary N) is 1. The summed E-state index contributed by atoms with van der Waals surface area (Å²) < 4.78 is 7.36. The van der Waals surface area contributed by atoms with Gasteiger partial charge in [0.25, 0.3) is 11.5 Å². The van der Waals surface area contributed by atoms with Crippen molar-refractivity contribution in [2.24, 2.45) is 5.92 Å². The lowest BCUT2D eigenvalue weighted by Gasteiger charge is -2.23. The van der Waals surface area contributed by atoms with E-state index in [0.29, 0.717) is 54.4 Å². The summed E-state index contributed by atoms with van der Waals surface area (Å²) in [6.45, 7) is 4.50. The quantitative estimate of drug-likeness (QED) is 0.484. The Hall–Kier alpha value is -3.66. The molecule has 1 N–H and O–H groups in total. The maximum atomic E-state index is 13.3. The summed E-state index contributed by atoms with van der Waals surface area (Å²) in [6, 6.07) is 7.67. The number of para-hydroxylation sites is 2. The van der Waals surface area contributed by atoms with Gasteiger partial charge in [-0.05, 0) is 30.9 Å². The fraction of sp³-hybridized carbons (Fsp3) is 0.440. The van der Waals surface area contributed by atoms with Gasteiger partial charge in [0.1, 0.15) is 16.9 Å². The summed E-state index contributed by atoms with van der Waals surface area (Å²) in [5, 5.41) is 4.98. The monoisotopic (exact) mass is 473 g/mol. The van der Waals surface area contributed by atoms with Crippen molar-refractivity contribution in [3.63, 3.8) is 0 Å². The van der Waals surface area contributed by atoms with E-state index >= 15 is 0 Å². The van der Waals surface area contributed by atoms with Crippen molar-refractivity contribution >= 4 is 28.0 Å². The molecule has 5 heterocycles. The predicted molar refractivity (Wildman–Crippen MR) is 129 cm³/mol. The lowest BCUT2D eigenvalue weighted by Crippen LogP contribution is -2.30. The van der Waals surface area contributed by atoms with Crippen molar-refractivity contribution in [1.82, 2.24) is 34.6 Å². The van der Waals surface area contributed by atoms with Crippen LogP contribution in [0.15, 0.2) is 41.5 Å². The number of hydrogen-bond acceptors (Lipinski definition) is 7. The third-order valence-electron chi connectivity index (χ3n) is 7.29. The summed E-state index contributed by atoms with van der Waals surface area (Å²) in [4.78, 5) is 44.9. The second-order valence-electron chi connectivity index (χ2n) is 9.35. The van der Waals surface area contributed by atoms with Gasteiger partial charge in [0.05, 0.1) is 29.5 Å². The fourth-order valence-electron chi connectivity index (χ4n) is 5.31. The van der Waals surface area contributed by atoms with Crippen LogP contribution >= 0.6 is 0 Å².